The zero-order valence-corrected chi connectivity index (χ0v) is 13.0. The maximum absolute atomic E-state index is 12.8. The number of esters is 2. The molecule has 3 atom stereocenters. The van der Waals surface area contributed by atoms with Gasteiger partial charge in [-0.1, -0.05) is 12.8 Å². The molecule has 0 aromatic carbocycles. The highest BCUT2D eigenvalue weighted by atomic mass is 32.2. The van der Waals surface area contributed by atoms with Crippen LogP contribution in [0.2, 0.25) is 0 Å². The standard InChI is InChI=1S/C12H17F3O7S/c1-21-10(16)7-4-2-3-5-8(7)11(17)22-9(12(13,14)15)6-23(18,19)20/h7-9H,2-6H2,1H3,(H,18,19,20). The number of hydrogen-bond donors (Lipinski definition) is 1. The van der Waals surface area contributed by atoms with E-state index in [1.54, 1.807) is 0 Å². The van der Waals surface area contributed by atoms with E-state index in [1.165, 1.54) is 0 Å². The van der Waals surface area contributed by atoms with Crippen molar-refractivity contribution in [3.63, 3.8) is 0 Å². The summed E-state index contributed by atoms with van der Waals surface area (Å²) in [5.41, 5.74) is 0. The number of hydrogen-bond acceptors (Lipinski definition) is 6. The summed E-state index contributed by atoms with van der Waals surface area (Å²) in [6.07, 6.45) is -6.64. The van der Waals surface area contributed by atoms with Crippen molar-refractivity contribution in [3.8, 4) is 0 Å². The van der Waals surface area contributed by atoms with Crippen molar-refractivity contribution in [2.24, 2.45) is 11.8 Å². The fraction of sp³-hybridized carbons (Fsp3) is 0.833. The maximum Gasteiger partial charge on any atom is 0.426 e. The van der Waals surface area contributed by atoms with Gasteiger partial charge in [0.15, 0.2) is 0 Å². The Morgan fingerprint density at radius 2 is 1.65 bits per heavy atom. The van der Waals surface area contributed by atoms with Crippen molar-refractivity contribution >= 4 is 22.1 Å². The summed E-state index contributed by atoms with van der Waals surface area (Å²) in [5.74, 6) is -5.92. The van der Waals surface area contributed by atoms with Gasteiger partial charge in [-0.25, -0.2) is 0 Å². The second-order valence-corrected chi connectivity index (χ2v) is 6.73. The molecule has 0 radical (unpaired) electrons. The molecule has 1 aliphatic rings. The molecule has 1 aliphatic carbocycles. The molecule has 0 saturated heterocycles. The summed E-state index contributed by atoms with van der Waals surface area (Å²) >= 11 is 0. The first-order valence-electron chi connectivity index (χ1n) is 6.76. The monoisotopic (exact) mass is 362 g/mol. The van der Waals surface area contributed by atoms with Gasteiger partial charge in [0.25, 0.3) is 10.1 Å². The second kappa shape index (κ2) is 7.47. The highest BCUT2D eigenvalue weighted by Crippen LogP contribution is 2.33. The van der Waals surface area contributed by atoms with Crippen LogP contribution >= 0.6 is 0 Å². The number of carbonyl (C=O) groups excluding carboxylic acids is 2. The second-order valence-electron chi connectivity index (χ2n) is 5.24. The fourth-order valence-corrected chi connectivity index (χ4v) is 3.10. The predicted octanol–water partition coefficient (Wildman–Crippen LogP) is 1.33. The summed E-state index contributed by atoms with van der Waals surface area (Å²) < 4.78 is 76.9. The SMILES string of the molecule is COC(=O)C1CCCCC1C(=O)OC(CS(=O)(=O)O)C(F)(F)F. The molecule has 1 rings (SSSR count). The number of ether oxygens (including phenoxy) is 2. The average molecular weight is 362 g/mol. The molecule has 1 saturated carbocycles. The minimum absolute atomic E-state index is 0.134. The molecule has 0 amide bonds. The molecular formula is C12H17F3O7S. The first kappa shape index (κ1) is 19.7. The van der Waals surface area contributed by atoms with E-state index in [0.717, 1.165) is 7.11 Å². The van der Waals surface area contributed by atoms with Crippen LogP contribution in [0.15, 0.2) is 0 Å². The minimum Gasteiger partial charge on any atom is -0.469 e. The van der Waals surface area contributed by atoms with E-state index in [9.17, 15) is 31.2 Å². The molecule has 7 nitrogen and oxygen atoms in total. The van der Waals surface area contributed by atoms with Crippen molar-refractivity contribution in [2.75, 3.05) is 12.9 Å². The fourth-order valence-electron chi connectivity index (χ4n) is 2.46. The molecule has 0 aromatic rings. The van der Waals surface area contributed by atoms with Gasteiger partial charge in [-0.3, -0.25) is 14.1 Å². The molecule has 0 spiro atoms. The third kappa shape index (κ3) is 5.98. The Bertz CT molecular complexity index is 543. The van der Waals surface area contributed by atoms with E-state index in [2.05, 4.69) is 9.47 Å². The lowest BCUT2D eigenvalue weighted by atomic mass is 9.79. The maximum atomic E-state index is 12.8. The van der Waals surface area contributed by atoms with Crippen LogP contribution in [-0.4, -0.2) is 50.1 Å². The van der Waals surface area contributed by atoms with Gasteiger partial charge in [-0.2, -0.15) is 21.6 Å². The molecule has 134 valence electrons. The topological polar surface area (TPSA) is 107 Å². The molecule has 0 bridgehead atoms. The van der Waals surface area contributed by atoms with Gasteiger partial charge < -0.3 is 9.47 Å². The Morgan fingerprint density at radius 1 is 1.17 bits per heavy atom. The number of methoxy groups -OCH3 is 1. The number of rotatable bonds is 5. The third-order valence-corrected chi connectivity index (χ3v) is 4.28. The van der Waals surface area contributed by atoms with Crippen molar-refractivity contribution < 1.29 is 45.2 Å². The van der Waals surface area contributed by atoms with Crippen molar-refractivity contribution in [1.82, 2.24) is 0 Å². The zero-order chi connectivity index (χ0) is 17.8. The molecule has 0 heterocycles. The third-order valence-electron chi connectivity index (χ3n) is 3.56. The zero-order valence-electron chi connectivity index (χ0n) is 12.2. The summed E-state index contributed by atoms with van der Waals surface area (Å²) in [5, 5.41) is 0. The Kier molecular flexibility index (Phi) is 6.40. The normalized spacial score (nSPS) is 23.9. The summed E-state index contributed by atoms with van der Waals surface area (Å²) in [6, 6.07) is 0. The highest BCUT2D eigenvalue weighted by Gasteiger charge is 2.47. The van der Waals surface area contributed by atoms with Crippen LogP contribution in [0.5, 0.6) is 0 Å². The smallest absolute Gasteiger partial charge is 0.426 e. The molecule has 11 heteroatoms. The van der Waals surface area contributed by atoms with E-state index >= 15 is 0 Å². The molecule has 1 N–H and O–H groups in total. The Morgan fingerprint density at radius 3 is 2.04 bits per heavy atom. The molecule has 3 unspecified atom stereocenters. The molecular weight excluding hydrogens is 345 g/mol. The van der Waals surface area contributed by atoms with E-state index in [0.29, 0.717) is 12.8 Å². The van der Waals surface area contributed by atoms with Crippen LogP contribution in [0.1, 0.15) is 25.7 Å². The van der Waals surface area contributed by atoms with Gasteiger partial charge in [-0.15, -0.1) is 0 Å². The number of alkyl halides is 3. The summed E-state index contributed by atoms with van der Waals surface area (Å²) in [7, 11) is -3.91. The first-order chi connectivity index (χ1) is 10.5. The molecule has 0 aromatic heterocycles. The average Bonchev–Trinajstić information content (AvgIpc) is 2.43. The van der Waals surface area contributed by atoms with Gasteiger partial charge >= 0.3 is 18.1 Å². The van der Waals surface area contributed by atoms with Crippen LogP contribution < -0.4 is 0 Å². The summed E-state index contributed by atoms with van der Waals surface area (Å²) in [6.45, 7) is 0. The predicted molar refractivity (Wildman–Crippen MR) is 69.8 cm³/mol. The van der Waals surface area contributed by atoms with E-state index < -0.39 is 51.9 Å². The lowest BCUT2D eigenvalue weighted by Gasteiger charge is -2.29. The largest absolute Gasteiger partial charge is 0.469 e. The van der Waals surface area contributed by atoms with Crippen LogP contribution in [0.3, 0.4) is 0 Å². The lowest BCUT2D eigenvalue weighted by molar-refractivity contribution is -0.219. The number of halogens is 3. The van der Waals surface area contributed by atoms with Gasteiger partial charge in [0.2, 0.25) is 6.10 Å². The van der Waals surface area contributed by atoms with Crippen LogP contribution in [0.4, 0.5) is 13.2 Å². The minimum atomic E-state index is -5.17. The van der Waals surface area contributed by atoms with Crippen LogP contribution in [0, 0.1) is 11.8 Å². The van der Waals surface area contributed by atoms with E-state index in [1.807, 2.05) is 0 Å². The van der Waals surface area contributed by atoms with Gasteiger partial charge in [-0.05, 0) is 12.8 Å². The van der Waals surface area contributed by atoms with Crippen molar-refractivity contribution in [2.45, 2.75) is 38.0 Å². The van der Waals surface area contributed by atoms with Gasteiger partial charge in [0.05, 0.1) is 18.9 Å². The van der Waals surface area contributed by atoms with E-state index in [-0.39, 0.29) is 12.8 Å². The Balaban J connectivity index is 2.90. The first-order valence-corrected chi connectivity index (χ1v) is 8.37. The molecule has 23 heavy (non-hydrogen) atoms. The summed E-state index contributed by atoms with van der Waals surface area (Å²) in [4.78, 5) is 23.6. The lowest BCUT2D eigenvalue weighted by Crippen LogP contribution is -2.43. The van der Waals surface area contributed by atoms with Crippen molar-refractivity contribution in [1.29, 1.82) is 0 Å². The van der Waals surface area contributed by atoms with E-state index in [4.69, 9.17) is 4.55 Å². The highest BCUT2D eigenvalue weighted by molar-refractivity contribution is 7.85. The number of carbonyl (C=O) groups is 2. The Hall–Kier alpha value is -1.36. The Labute approximate surface area is 130 Å². The molecule has 0 aliphatic heterocycles. The molecule has 1 fully saturated rings. The van der Waals surface area contributed by atoms with Crippen LogP contribution in [0.25, 0.3) is 0 Å². The van der Waals surface area contributed by atoms with Crippen LogP contribution in [-0.2, 0) is 29.2 Å². The van der Waals surface area contributed by atoms with Gasteiger partial charge in [0.1, 0.15) is 5.75 Å². The van der Waals surface area contributed by atoms with Crippen molar-refractivity contribution in [3.05, 3.63) is 0 Å². The van der Waals surface area contributed by atoms with Gasteiger partial charge in [0, 0.05) is 0 Å². The quantitative estimate of drug-likeness (QED) is 0.581.